The maximum absolute atomic E-state index is 12.4. The number of amides is 3. The van der Waals surface area contributed by atoms with E-state index in [0.717, 1.165) is 0 Å². The van der Waals surface area contributed by atoms with E-state index in [1.807, 2.05) is 0 Å². The second-order valence-corrected chi connectivity index (χ2v) is 5.89. The maximum atomic E-state index is 12.4. The van der Waals surface area contributed by atoms with Crippen molar-refractivity contribution < 1.29 is 9.59 Å². The third kappa shape index (κ3) is 3.83. The van der Waals surface area contributed by atoms with E-state index < -0.39 is 0 Å². The van der Waals surface area contributed by atoms with Crippen LogP contribution in [0.4, 0.5) is 10.5 Å². The van der Waals surface area contributed by atoms with E-state index in [0.29, 0.717) is 42.5 Å². The molecule has 0 spiro atoms. The molecule has 0 saturated carbocycles. The third-order valence-electron chi connectivity index (χ3n) is 3.86. The summed E-state index contributed by atoms with van der Waals surface area (Å²) in [6.45, 7) is 1.99. The highest BCUT2D eigenvalue weighted by Gasteiger charge is 2.24. The molecule has 1 saturated heterocycles. The molecule has 0 aliphatic carbocycles. The molecule has 0 atom stereocenters. The summed E-state index contributed by atoms with van der Waals surface area (Å²) in [5, 5.41) is 3.39. The van der Waals surface area contributed by atoms with E-state index in [-0.39, 0.29) is 11.9 Å². The molecule has 6 nitrogen and oxygen atoms in total. The van der Waals surface area contributed by atoms with E-state index in [1.54, 1.807) is 58.6 Å². The topological polar surface area (TPSA) is 65.5 Å². The number of carbonyl (C=O) groups excluding carboxylic acids is 2. The highest BCUT2D eigenvalue weighted by molar-refractivity contribution is 6.30. The standard InChI is InChI=1S/C17H17ClN4O2/c18-14-2-1-3-15(12-14)20-17(24)22-10-8-21(9-11-22)16(23)13-4-6-19-7-5-13/h1-7,12H,8-11H2,(H,20,24). The molecule has 1 aromatic heterocycles. The van der Waals surface area contributed by atoms with Crippen LogP contribution in [0.15, 0.2) is 48.8 Å². The minimum atomic E-state index is -0.187. The highest BCUT2D eigenvalue weighted by Crippen LogP contribution is 2.16. The van der Waals surface area contributed by atoms with Crippen molar-refractivity contribution in [3.05, 3.63) is 59.4 Å². The van der Waals surface area contributed by atoms with Crippen LogP contribution in [0, 0.1) is 0 Å². The Morgan fingerprint density at radius 1 is 1.00 bits per heavy atom. The van der Waals surface area contributed by atoms with Crippen molar-refractivity contribution in [1.29, 1.82) is 0 Å². The molecular weight excluding hydrogens is 328 g/mol. The van der Waals surface area contributed by atoms with Crippen molar-refractivity contribution in [2.24, 2.45) is 0 Å². The van der Waals surface area contributed by atoms with E-state index in [4.69, 9.17) is 11.6 Å². The van der Waals surface area contributed by atoms with Crippen LogP contribution < -0.4 is 5.32 Å². The van der Waals surface area contributed by atoms with Gasteiger partial charge < -0.3 is 15.1 Å². The number of hydrogen-bond donors (Lipinski definition) is 1. The Kier molecular flexibility index (Phi) is 4.96. The van der Waals surface area contributed by atoms with Gasteiger partial charge in [0.2, 0.25) is 0 Å². The van der Waals surface area contributed by atoms with Gasteiger partial charge in [0.25, 0.3) is 5.91 Å². The van der Waals surface area contributed by atoms with Crippen molar-refractivity contribution in [3.8, 4) is 0 Å². The zero-order valence-electron chi connectivity index (χ0n) is 13.0. The van der Waals surface area contributed by atoms with Crippen molar-refractivity contribution in [2.45, 2.75) is 0 Å². The first-order valence-electron chi connectivity index (χ1n) is 7.64. The Balaban J connectivity index is 1.55. The summed E-state index contributed by atoms with van der Waals surface area (Å²) in [4.78, 5) is 32.0. The van der Waals surface area contributed by atoms with Crippen LogP contribution in [-0.4, -0.2) is 52.9 Å². The fourth-order valence-corrected chi connectivity index (χ4v) is 2.75. The van der Waals surface area contributed by atoms with Gasteiger partial charge in [-0.1, -0.05) is 17.7 Å². The van der Waals surface area contributed by atoms with Gasteiger partial charge in [-0.25, -0.2) is 4.79 Å². The second kappa shape index (κ2) is 7.31. The van der Waals surface area contributed by atoms with E-state index >= 15 is 0 Å². The summed E-state index contributed by atoms with van der Waals surface area (Å²) in [6, 6.07) is 10.2. The lowest BCUT2D eigenvalue weighted by molar-refractivity contribution is 0.0671. The SMILES string of the molecule is O=C(Nc1cccc(Cl)c1)N1CCN(C(=O)c2ccncc2)CC1. The molecule has 2 aromatic rings. The fraction of sp³-hybridized carbons (Fsp3) is 0.235. The molecule has 0 unspecified atom stereocenters. The molecule has 1 aliphatic heterocycles. The number of hydrogen-bond acceptors (Lipinski definition) is 3. The van der Waals surface area contributed by atoms with E-state index in [1.165, 1.54) is 0 Å². The molecule has 1 N–H and O–H groups in total. The summed E-state index contributed by atoms with van der Waals surface area (Å²) >= 11 is 5.91. The molecule has 3 amide bonds. The van der Waals surface area contributed by atoms with Gasteiger partial charge in [0.05, 0.1) is 0 Å². The monoisotopic (exact) mass is 344 g/mol. The number of urea groups is 1. The van der Waals surface area contributed by atoms with Crippen LogP contribution in [0.1, 0.15) is 10.4 Å². The zero-order valence-corrected chi connectivity index (χ0v) is 13.7. The summed E-state index contributed by atoms with van der Waals surface area (Å²) in [7, 11) is 0. The van der Waals surface area contributed by atoms with Gasteiger partial charge in [0.15, 0.2) is 0 Å². The van der Waals surface area contributed by atoms with Crippen LogP contribution in [0.3, 0.4) is 0 Å². The number of halogens is 1. The summed E-state index contributed by atoms with van der Waals surface area (Å²) in [5.74, 6) is -0.0349. The molecule has 2 heterocycles. The molecule has 1 aliphatic rings. The molecule has 124 valence electrons. The second-order valence-electron chi connectivity index (χ2n) is 5.46. The fourth-order valence-electron chi connectivity index (χ4n) is 2.56. The lowest BCUT2D eigenvalue weighted by Gasteiger charge is -2.34. The van der Waals surface area contributed by atoms with E-state index in [2.05, 4.69) is 10.3 Å². The number of piperazine rings is 1. The Labute approximate surface area is 145 Å². The quantitative estimate of drug-likeness (QED) is 0.911. The molecular formula is C17H17ClN4O2. The minimum absolute atomic E-state index is 0.0349. The number of aromatic nitrogens is 1. The van der Waals surface area contributed by atoms with Crippen LogP contribution in [0.5, 0.6) is 0 Å². The lowest BCUT2D eigenvalue weighted by Crippen LogP contribution is -2.51. The molecule has 7 heteroatoms. The van der Waals surface area contributed by atoms with E-state index in [9.17, 15) is 9.59 Å². The van der Waals surface area contributed by atoms with Gasteiger partial charge in [-0.3, -0.25) is 9.78 Å². The van der Waals surface area contributed by atoms with Crippen LogP contribution >= 0.6 is 11.6 Å². The smallest absolute Gasteiger partial charge is 0.321 e. The number of nitrogens with zero attached hydrogens (tertiary/aromatic N) is 3. The molecule has 24 heavy (non-hydrogen) atoms. The zero-order chi connectivity index (χ0) is 16.9. The average Bonchev–Trinajstić information content (AvgIpc) is 2.62. The predicted octanol–water partition coefficient (Wildman–Crippen LogP) is 2.72. The van der Waals surface area contributed by atoms with Crippen LogP contribution in [0.25, 0.3) is 0 Å². The van der Waals surface area contributed by atoms with Crippen molar-refractivity contribution in [1.82, 2.24) is 14.8 Å². The Bertz CT molecular complexity index is 730. The Hall–Kier alpha value is -2.60. The van der Waals surface area contributed by atoms with Gasteiger partial charge in [0.1, 0.15) is 0 Å². The van der Waals surface area contributed by atoms with Gasteiger partial charge in [-0.05, 0) is 30.3 Å². The minimum Gasteiger partial charge on any atom is -0.335 e. The first kappa shape index (κ1) is 16.3. The van der Waals surface area contributed by atoms with Crippen molar-refractivity contribution in [2.75, 3.05) is 31.5 Å². The van der Waals surface area contributed by atoms with Gasteiger partial charge >= 0.3 is 6.03 Å². The molecule has 1 fully saturated rings. The summed E-state index contributed by atoms with van der Waals surface area (Å²) in [5.41, 5.74) is 1.27. The third-order valence-corrected chi connectivity index (χ3v) is 4.09. The molecule has 0 bridgehead atoms. The van der Waals surface area contributed by atoms with Gasteiger partial charge in [0, 0.05) is 54.8 Å². The Morgan fingerprint density at radius 2 is 1.67 bits per heavy atom. The largest absolute Gasteiger partial charge is 0.335 e. The average molecular weight is 345 g/mol. The summed E-state index contributed by atoms with van der Waals surface area (Å²) in [6.07, 6.45) is 3.20. The highest BCUT2D eigenvalue weighted by atomic mass is 35.5. The van der Waals surface area contributed by atoms with Gasteiger partial charge in [-0.15, -0.1) is 0 Å². The van der Waals surface area contributed by atoms with Crippen LogP contribution in [0.2, 0.25) is 5.02 Å². The number of pyridine rings is 1. The molecule has 3 rings (SSSR count). The first-order valence-corrected chi connectivity index (χ1v) is 8.02. The van der Waals surface area contributed by atoms with Crippen LogP contribution in [-0.2, 0) is 0 Å². The van der Waals surface area contributed by atoms with Gasteiger partial charge in [-0.2, -0.15) is 0 Å². The number of rotatable bonds is 2. The predicted molar refractivity (Wildman–Crippen MR) is 92.2 cm³/mol. The normalized spacial score (nSPS) is 14.4. The molecule has 1 aromatic carbocycles. The lowest BCUT2D eigenvalue weighted by atomic mass is 10.2. The summed E-state index contributed by atoms with van der Waals surface area (Å²) < 4.78 is 0. The maximum Gasteiger partial charge on any atom is 0.321 e. The molecule has 0 radical (unpaired) electrons. The number of benzene rings is 1. The Morgan fingerprint density at radius 3 is 2.33 bits per heavy atom. The number of nitrogens with one attached hydrogen (secondary N) is 1. The van der Waals surface area contributed by atoms with Crippen molar-refractivity contribution >= 4 is 29.2 Å². The number of carbonyl (C=O) groups is 2. The number of anilines is 1. The van der Waals surface area contributed by atoms with Crippen molar-refractivity contribution in [3.63, 3.8) is 0 Å². The first-order chi connectivity index (χ1) is 11.6.